The second-order valence-corrected chi connectivity index (χ2v) is 7.04. The standard InChI is InChI=1S/C26H19N3O4/c1-32-25(30)22-23(28-29(24(22)26(31)33-2)19-8-4-3-5-9-19)21-11-7-6-10-20(21)18-14-12-17(16-27)13-15-18/h3-15H,1-2H3. The number of aromatic nitrogens is 2. The largest absolute Gasteiger partial charge is 0.465 e. The summed E-state index contributed by atoms with van der Waals surface area (Å²) in [5.74, 6) is -1.42. The molecule has 0 aliphatic carbocycles. The summed E-state index contributed by atoms with van der Waals surface area (Å²) in [6.45, 7) is 0. The first kappa shape index (κ1) is 21.5. The molecule has 0 amide bonds. The SMILES string of the molecule is COC(=O)c1c(-c2ccccc2-c2ccc(C#N)cc2)nn(-c2ccccc2)c1C(=O)OC. The zero-order chi connectivity index (χ0) is 23.4. The monoisotopic (exact) mass is 437 g/mol. The second kappa shape index (κ2) is 9.20. The molecule has 1 heterocycles. The van der Waals surface area contributed by atoms with Gasteiger partial charge in [-0.2, -0.15) is 10.4 Å². The molecule has 0 spiro atoms. The minimum absolute atomic E-state index is 0.00861. The van der Waals surface area contributed by atoms with E-state index in [4.69, 9.17) is 14.7 Å². The summed E-state index contributed by atoms with van der Waals surface area (Å²) in [4.78, 5) is 25.7. The quantitative estimate of drug-likeness (QED) is 0.422. The van der Waals surface area contributed by atoms with Crippen molar-refractivity contribution in [2.24, 2.45) is 0 Å². The van der Waals surface area contributed by atoms with Crippen LogP contribution in [0.1, 0.15) is 26.4 Å². The van der Waals surface area contributed by atoms with E-state index in [0.29, 0.717) is 16.8 Å². The Morgan fingerprint density at radius 3 is 2.03 bits per heavy atom. The Hall–Kier alpha value is -4.70. The van der Waals surface area contributed by atoms with E-state index < -0.39 is 11.9 Å². The summed E-state index contributed by atoms with van der Waals surface area (Å²) < 4.78 is 11.4. The average Bonchev–Trinajstić information content (AvgIpc) is 3.29. The van der Waals surface area contributed by atoms with Crippen LogP contribution >= 0.6 is 0 Å². The van der Waals surface area contributed by atoms with Gasteiger partial charge in [0.15, 0.2) is 5.69 Å². The number of methoxy groups -OCH3 is 2. The van der Waals surface area contributed by atoms with Gasteiger partial charge in [-0.3, -0.25) is 0 Å². The van der Waals surface area contributed by atoms with Crippen LogP contribution in [0.15, 0.2) is 78.9 Å². The molecule has 162 valence electrons. The van der Waals surface area contributed by atoms with Crippen molar-refractivity contribution in [3.05, 3.63) is 95.7 Å². The van der Waals surface area contributed by atoms with Crippen molar-refractivity contribution in [2.45, 2.75) is 0 Å². The van der Waals surface area contributed by atoms with E-state index in [2.05, 4.69) is 11.2 Å². The van der Waals surface area contributed by atoms with Crippen molar-refractivity contribution >= 4 is 11.9 Å². The Balaban J connectivity index is 2.03. The first-order chi connectivity index (χ1) is 16.1. The number of rotatable bonds is 5. The van der Waals surface area contributed by atoms with Crippen LogP contribution in [0, 0.1) is 11.3 Å². The van der Waals surface area contributed by atoms with Crippen LogP contribution in [0.4, 0.5) is 0 Å². The number of carbonyl (C=O) groups excluding carboxylic acids is 2. The number of nitrogens with zero attached hydrogens (tertiary/aromatic N) is 3. The van der Waals surface area contributed by atoms with E-state index in [1.165, 1.54) is 18.9 Å². The molecule has 3 aromatic carbocycles. The Labute approximate surface area is 190 Å². The van der Waals surface area contributed by atoms with E-state index in [1.807, 2.05) is 42.5 Å². The van der Waals surface area contributed by atoms with Crippen LogP contribution < -0.4 is 0 Å². The summed E-state index contributed by atoms with van der Waals surface area (Å²) in [7, 11) is 2.50. The molecule has 0 atom stereocenters. The number of nitriles is 1. The number of ether oxygens (including phenoxy) is 2. The van der Waals surface area contributed by atoms with Crippen LogP contribution in [0.5, 0.6) is 0 Å². The number of hydrogen-bond acceptors (Lipinski definition) is 6. The smallest absolute Gasteiger partial charge is 0.357 e. The molecule has 0 unspecified atom stereocenters. The fourth-order valence-corrected chi connectivity index (χ4v) is 3.61. The number of esters is 2. The van der Waals surface area contributed by atoms with E-state index in [9.17, 15) is 9.59 Å². The minimum atomic E-state index is -0.714. The third-order valence-electron chi connectivity index (χ3n) is 5.16. The molecule has 0 fully saturated rings. The highest BCUT2D eigenvalue weighted by molar-refractivity contribution is 6.07. The molecule has 0 radical (unpaired) electrons. The van der Waals surface area contributed by atoms with Gasteiger partial charge >= 0.3 is 11.9 Å². The fraction of sp³-hybridized carbons (Fsp3) is 0.0769. The third kappa shape index (κ3) is 3.98. The molecule has 33 heavy (non-hydrogen) atoms. The predicted octanol–water partition coefficient (Wildman–Crippen LogP) is 4.65. The van der Waals surface area contributed by atoms with Gasteiger partial charge in [0.2, 0.25) is 0 Å². The zero-order valence-corrected chi connectivity index (χ0v) is 18.0. The first-order valence-electron chi connectivity index (χ1n) is 10.0. The van der Waals surface area contributed by atoms with Crippen LogP contribution in [0.3, 0.4) is 0 Å². The lowest BCUT2D eigenvalue weighted by Crippen LogP contribution is -2.15. The Morgan fingerprint density at radius 2 is 1.42 bits per heavy atom. The van der Waals surface area contributed by atoms with Crippen molar-refractivity contribution in [1.82, 2.24) is 9.78 Å². The van der Waals surface area contributed by atoms with Gasteiger partial charge in [-0.15, -0.1) is 0 Å². The molecule has 0 aliphatic heterocycles. The van der Waals surface area contributed by atoms with E-state index in [-0.39, 0.29) is 17.0 Å². The predicted molar refractivity (Wildman–Crippen MR) is 122 cm³/mol. The average molecular weight is 437 g/mol. The van der Waals surface area contributed by atoms with Crippen molar-refractivity contribution in [3.63, 3.8) is 0 Å². The second-order valence-electron chi connectivity index (χ2n) is 7.04. The molecular weight excluding hydrogens is 418 g/mol. The number of hydrogen-bond donors (Lipinski definition) is 0. The maximum Gasteiger partial charge on any atom is 0.357 e. The molecular formula is C26H19N3O4. The zero-order valence-electron chi connectivity index (χ0n) is 18.0. The normalized spacial score (nSPS) is 10.3. The van der Waals surface area contributed by atoms with Crippen molar-refractivity contribution < 1.29 is 19.1 Å². The molecule has 4 rings (SSSR count). The van der Waals surface area contributed by atoms with E-state index >= 15 is 0 Å². The fourth-order valence-electron chi connectivity index (χ4n) is 3.61. The summed E-state index contributed by atoms with van der Waals surface area (Å²) in [5, 5.41) is 13.8. The molecule has 0 bridgehead atoms. The lowest BCUT2D eigenvalue weighted by molar-refractivity contribution is 0.0549. The molecule has 7 nitrogen and oxygen atoms in total. The molecule has 0 saturated heterocycles. The minimum Gasteiger partial charge on any atom is -0.465 e. The van der Waals surface area contributed by atoms with Gasteiger partial charge in [0, 0.05) is 5.56 Å². The highest BCUT2D eigenvalue weighted by atomic mass is 16.5. The van der Waals surface area contributed by atoms with Gasteiger partial charge < -0.3 is 9.47 Å². The van der Waals surface area contributed by atoms with E-state index in [0.717, 1.165) is 11.1 Å². The van der Waals surface area contributed by atoms with Crippen molar-refractivity contribution in [2.75, 3.05) is 14.2 Å². The topological polar surface area (TPSA) is 94.2 Å². The van der Waals surface area contributed by atoms with Crippen LogP contribution in [-0.2, 0) is 9.47 Å². The molecule has 4 aromatic rings. The number of para-hydroxylation sites is 1. The lowest BCUT2D eigenvalue weighted by atomic mass is 9.95. The number of benzene rings is 3. The number of carbonyl (C=O) groups is 2. The van der Waals surface area contributed by atoms with Crippen LogP contribution in [0.25, 0.3) is 28.1 Å². The molecule has 0 saturated carbocycles. The Bertz CT molecular complexity index is 1370. The summed E-state index contributed by atoms with van der Waals surface area (Å²) >= 11 is 0. The van der Waals surface area contributed by atoms with Gasteiger partial charge in [-0.1, -0.05) is 54.6 Å². The third-order valence-corrected chi connectivity index (χ3v) is 5.16. The summed E-state index contributed by atoms with van der Waals surface area (Å²) in [5.41, 5.74) is 3.62. The van der Waals surface area contributed by atoms with Gasteiger partial charge in [-0.05, 0) is 35.4 Å². The van der Waals surface area contributed by atoms with Gasteiger partial charge in [-0.25, -0.2) is 14.3 Å². The van der Waals surface area contributed by atoms with Crippen LogP contribution in [0.2, 0.25) is 0 Å². The maximum atomic E-state index is 12.9. The summed E-state index contributed by atoms with van der Waals surface area (Å²) in [6.07, 6.45) is 0. The van der Waals surface area contributed by atoms with Crippen LogP contribution in [-0.4, -0.2) is 35.9 Å². The lowest BCUT2D eigenvalue weighted by Gasteiger charge is -2.09. The first-order valence-corrected chi connectivity index (χ1v) is 10.0. The van der Waals surface area contributed by atoms with Crippen molar-refractivity contribution in [1.29, 1.82) is 5.26 Å². The highest BCUT2D eigenvalue weighted by Crippen LogP contribution is 2.36. The maximum absolute atomic E-state index is 12.9. The Morgan fingerprint density at radius 1 is 0.818 bits per heavy atom. The van der Waals surface area contributed by atoms with Crippen molar-refractivity contribution in [3.8, 4) is 34.1 Å². The molecule has 1 aromatic heterocycles. The van der Waals surface area contributed by atoms with E-state index in [1.54, 1.807) is 36.4 Å². The highest BCUT2D eigenvalue weighted by Gasteiger charge is 2.32. The molecule has 7 heteroatoms. The molecule has 0 N–H and O–H groups in total. The van der Waals surface area contributed by atoms with Gasteiger partial charge in [0.05, 0.1) is 31.5 Å². The van der Waals surface area contributed by atoms with Gasteiger partial charge in [0.25, 0.3) is 0 Å². The molecule has 0 aliphatic rings. The summed E-state index contributed by atoms with van der Waals surface area (Å²) in [6, 6.07) is 25.6. The Kier molecular flexibility index (Phi) is 6.00. The van der Waals surface area contributed by atoms with Gasteiger partial charge in [0.1, 0.15) is 11.3 Å².